The molecule has 0 aliphatic carbocycles. The highest BCUT2D eigenvalue weighted by atomic mass is 16.5. The van der Waals surface area contributed by atoms with Gasteiger partial charge >= 0.3 is 0 Å². The summed E-state index contributed by atoms with van der Waals surface area (Å²) >= 11 is 0. The predicted molar refractivity (Wildman–Crippen MR) is 77.0 cm³/mol. The maximum atomic E-state index is 5.77. The fourth-order valence-electron chi connectivity index (χ4n) is 1.72. The molecule has 2 rings (SSSR count). The van der Waals surface area contributed by atoms with Crippen molar-refractivity contribution >= 4 is 0 Å². The van der Waals surface area contributed by atoms with Gasteiger partial charge in [0.05, 0.1) is 0 Å². The van der Waals surface area contributed by atoms with E-state index >= 15 is 0 Å². The van der Waals surface area contributed by atoms with Crippen LogP contribution in [0.3, 0.4) is 0 Å². The number of hydrogen-bond donors (Lipinski definition) is 1. The third-order valence-electron chi connectivity index (χ3n) is 2.74. The fourth-order valence-corrected chi connectivity index (χ4v) is 1.72. The van der Waals surface area contributed by atoms with Gasteiger partial charge in [-0.05, 0) is 23.8 Å². The van der Waals surface area contributed by atoms with Gasteiger partial charge in [0.2, 0.25) is 0 Å². The van der Waals surface area contributed by atoms with E-state index < -0.39 is 0 Å². The zero-order valence-electron chi connectivity index (χ0n) is 11.5. The average molecular weight is 256 g/mol. The Morgan fingerprint density at radius 2 is 2.00 bits per heavy atom. The summed E-state index contributed by atoms with van der Waals surface area (Å²) in [5, 5.41) is 3.40. The summed E-state index contributed by atoms with van der Waals surface area (Å²) in [5.41, 5.74) is 2.31. The number of hydrogen-bond acceptors (Lipinski definition) is 3. The molecular formula is C16H20N2O. The van der Waals surface area contributed by atoms with Gasteiger partial charge in [-0.25, -0.2) is 0 Å². The molecule has 0 fully saturated rings. The first-order valence-electron chi connectivity index (χ1n) is 6.58. The molecular weight excluding hydrogens is 236 g/mol. The summed E-state index contributed by atoms with van der Waals surface area (Å²) in [4.78, 5) is 4.07. The summed E-state index contributed by atoms with van der Waals surface area (Å²) < 4.78 is 5.77. The molecule has 2 aromatic rings. The summed E-state index contributed by atoms with van der Waals surface area (Å²) in [6.45, 7) is 5.70. The van der Waals surface area contributed by atoms with Gasteiger partial charge in [0.1, 0.15) is 12.4 Å². The Morgan fingerprint density at radius 1 is 1.16 bits per heavy atom. The standard InChI is InChI=1S/C16H20N2O/c1-13(2)18-11-14-5-3-7-16(9-14)19-12-15-6-4-8-17-10-15/h3-10,13,18H,11-12H2,1-2H3. The van der Waals surface area contributed by atoms with Crippen molar-refractivity contribution in [1.29, 1.82) is 0 Å². The normalized spacial score (nSPS) is 10.7. The molecule has 1 N–H and O–H groups in total. The van der Waals surface area contributed by atoms with Crippen LogP contribution in [-0.2, 0) is 13.2 Å². The summed E-state index contributed by atoms with van der Waals surface area (Å²) in [5.74, 6) is 0.895. The summed E-state index contributed by atoms with van der Waals surface area (Å²) in [6.07, 6.45) is 3.59. The Bertz CT molecular complexity index is 497. The van der Waals surface area contributed by atoms with E-state index in [2.05, 4.69) is 36.3 Å². The lowest BCUT2D eigenvalue weighted by Crippen LogP contribution is -2.21. The van der Waals surface area contributed by atoms with Crippen molar-refractivity contribution in [1.82, 2.24) is 10.3 Å². The predicted octanol–water partition coefficient (Wildman–Crippen LogP) is 3.16. The van der Waals surface area contributed by atoms with E-state index in [4.69, 9.17) is 4.74 Å². The largest absolute Gasteiger partial charge is 0.489 e. The zero-order valence-corrected chi connectivity index (χ0v) is 11.5. The molecule has 0 saturated heterocycles. The number of rotatable bonds is 6. The van der Waals surface area contributed by atoms with Gasteiger partial charge in [-0.15, -0.1) is 0 Å². The molecule has 3 heteroatoms. The van der Waals surface area contributed by atoms with Crippen molar-refractivity contribution in [2.75, 3.05) is 0 Å². The van der Waals surface area contributed by atoms with Gasteiger partial charge in [-0.2, -0.15) is 0 Å². The Morgan fingerprint density at radius 3 is 2.74 bits per heavy atom. The van der Waals surface area contributed by atoms with E-state index in [9.17, 15) is 0 Å². The van der Waals surface area contributed by atoms with E-state index in [1.54, 1.807) is 6.20 Å². The van der Waals surface area contributed by atoms with Crippen molar-refractivity contribution < 1.29 is 4.74 Å². The second kappa shape index (κ2) is 6.90. The molecule has 0 unspecified atom stereocenters. The van der Waals surface area contributed by atoms with E-state index in [1.165, 1.54) is 5.56 Å². The minimum Gasteiger partial charge on any atom is -0.489 e. The third kappa shape index (κ3) is 4.72. The van der Waals surface area contributed by atoms with Crippen molar-refractivity contribution in [3.8, 4) is 5.75 Å². The molecule has 0 aliphatic rings. The number of pyridine rings is 1. The van der Waals surface area contributed by atoms with Crippen LogP contribution in [0.25, 0.3) is 0 Å². The number of nitrogens with zero attached hydrogens (tertiary/aromatic N) is 1. The van der Waals surface area contributed by atoms with Crippen molar-refractivity contribution in [2.24, 2.45) is 0 Å². The summed E-state index contributed by atoms with van der Waals surface area (Å²) in [7, 11) is 0. The van der Waals surface area contributed by atoms with Crippen LogP contribution in [0.2, 0.25) is 0 Å². The number of aromatic nitrogens is 1. The molecule has 0 aliphatic heterocycles. The molecule has 0 saturated carbocycles. The Labute approximate surface area is 114 Å². The van der Waals surface area contributed by atoms with Crippen LogP contribution in [0, 0.1) is 0 Å². The fraction of sp³-hybridized carbons (Fsp3) is 0.312. The summed E-state index contributed by atoms with van der Waals surface area (Å²) in [6, 6.07) is 12.6. The molecule has 0 atom stereocenters. The monoisotopic (exact) mass is 256 g/mol. The van der Waals surface area contributed by atoms with E-state index in [-0.39, 0.29) is 0 Å². The van der Waals surface area contributed by atoms with Gasteiger partial charge in [0, 0.05) is 30.5 Å². The molecule has 100 valence electrons. The molecule has 1 aromatic heterocycles. The molecule has 19 heavy (non-hydrogen) atoms. The minimum absolute atomic E-state index is 0.486. The van der Waals surface area contributed by atoms with Crippen molar-refractivity contribution in [3.63, 3.8) is 0 Å². The van der Waals surface area contributed by atoms with Crippen LogP contribution in [0.15, 0.2) is 48.8 Å². The minimum atomic E-state index is 0.486. The maximum Gasteiger partial charge on any atom is 0.120 e. The first kappa shape index (κ1) is 13.6. The first-order valence-corrected chi connectivity index (χ1v) is 6.58. The molecule has 3 nitrogen and oxygen atoms in total. The second-order valence-corrected chi connectivity index (χ2v) is 4.83. The molecule has 0 bridgehead atoms. The molecule has 0 spiro atoms. The van der Waals surface area contributed by atoms with Gasteiger partial charge in [-0.3, -0.25) is 4.98 Å². The molecule has 1 heterocycles. The van der Waals surface area contributed by atoms with Gasteiger partial charge in [0.25, 0.3) is 0 Å². The van der Waals surface area contributed by atoms with Crippen molar-refractivity contribution in [2.45, 2.75) is 33.0 Å². The van der Waals surface area contributed by atoms with E-state index in [0.29, 0.717) is 12.6 Å². The topological polar surface area (TPSA) is 34.1 Å². The first-order chi connectivity index (χ1) is 9.24. The molecule has 0 amide bonds. The lowest BCUT2D eigenvalue weighted by atomic mass is 10.2. The highest BCUT2D eigenvalue weighted by Crippen LogP contribution is 2.15. The van der Waals surface area contributed by atoms with Crippen LogP contribution in [0.4, 0.5) is 0 Å². The Balaban J connectivity index is 1.91. The maximum absolute atomic E-state index is 5.77. The third-order valence-corrected chi connectivity index (χ3v) is 2.74. The highest BCUT2D eigenvalue weighted by molar-refractivity contribution is 5.28. The van der Waals surface area contributed by atoms with Crippen LogP contribution < -0.4 is 10.1 Å². The van der Waals surface area contributed by atoms with Crippen LogP contribution in [-0.4, -0.2) is 11.0 Å². The van der Waals surface area contributed by atoms with Gasteiger partial charge in [-0.1, -0.05) is 32.0 Å². The quantitative estimate of drug-likeness (QED) is 0.862. The van der Waals surface area contributed by atoms with E-state index in [1.807, 2.05) is 30.5 Å². The van der Waals surface area contributed by atoms with Crippen molar-refractivity contribution in [3.05, 3.63) is 59.9 Å². The number of nitrogens with one attached hydrogen (secondary N) is 1. The van der Waals surface area contributed by atoms with Gasteiger partial charge < -0.3 is 10.1 Å². The highest BCUT2D eigenvalue weighted by Gasteiger charge is 1.99. The lowest BCUT2D eigenvalue weighted by Gasteiger charge is -2.10. The zero-order chi connectivity index (χ0) is 13.5. The van der Waals surface area contributed by atoms with Gasteiger partial charge in [0.15, 0.2) is 0 Å². The van der Waals surface area contributed by atoms with Crippen LogP contribution in [0.1, 0.15) is 25.0 Å². The smallest absolute Gasteiger partial charge is 0.120 e. The SMILES string of the molecule is CC(C)NCc1cccc(OCc2cccnc2)c1. The average Bonchev–Trinajstić information content (AvgIpc) is 2.44. The number of ether oxygens (including phenoxy) is 1. The lowest BCUT2D eigenvalue weighted by molar-refractivity contribution is 0.305. The van der Waals surface area contributed by atoms with Crippen LogP contribution in [0.5, 0.6) is 5.75 Å². The Hall–Kier alpha value is -1.87. The second-order valence-electron chi connectivity index (χ2n) is 4.83. The Kier molecular flexibility index (Phi) is 4.93. The van der Waals surface area contributed by atoms with Crippen LogP contribution >= 0.6 is 0 Å². The van der Waals surface area contributed by atoms with E-state index in [0.717, 1.165) is 17.9 Å². The molecule has 1 aromatic carbocycles. The number of benzene rings is 1. The molecule has 0 radical (unpaired) electrons.